The molecule has 1 heterocycles. The number of amides is 1. The molecule has 1 amide bonds. The maximum Gasteiger partial charge on any atom is 0.261 e. The zero-order valence-electron chi connectivity index (χ0n) is 11.8. The van der Waals surface area contributed by atoms with Crippen molar-refractivity contribution in [2.24, 2.45) is 5.10 Å². The Morgan fingerprint density at radius 3 is 2.87 bits per heavy atom. The first-order valence-electron chi connectivity index (χ1n) is 6.68. The van der Waals surface area contributed by atoms with Gasteiger partial charge in [-0.15, -0.1) is 5.10 Å². The molecule has 0 atom stereocenters. The van der Waals surface area contributed by atoms with Gasteiger partial charge in [0.25, 0.3) is 5.91 Å². The van der Waals surface area contributed by atoms with E-state index in [1.54, 1.807) is 12.1 Å². The van der Waals surface area contributed by atoms with Gasteiger partial charge in [0.05, 0.1) is 11.7 Å². The zero-order valence-corrected chi connectivity index (χ0v) is 11.8. The molecule has 23 heavy (non-hydrogen) atoms. The number of hydrogen-bond donors (Lipinski definition) is 1. The van der Waals surface area contributed by atoms with Gasteiger partial charge in [-0.2, -0.15) is 5.10 Å². The molecule has 0 saturated carbocycles. The van der Waals surface area contributed by atoms with Crippen molar-refractivity contribution in [3.8, 4) is 0 Å². The number of hydrogen-bond acceptors (Lipinski definition) is 4. The average molecular weight is 315 g/mol. The highest BCUT2D eigenvalue weighted by Gasteiger charge is 2.07. The Bertz CT molecular complexity index is 890. The Balaban J connectivity index is 1.63. The van der Waals surface area contributed by atoms with E-state index in [4.69, 9.17) is 0 Å². The Hall–Kier alpha value is -3.16. The van der Waals surface area contributed by atoms with Crippen molar-refractivity contribution in [2.75, 3.05) is 0 Å². The molecular formula is C15H11F2N5O. The molecule has 8 heteroatoms. The van der Waals surface area contributed by atoms with E-state index < -0.39 is 17.5 Å². The molecule has 0 saturated heterocycles. The first-order valence-corrected chi connectivity index (χ1v) is 6.68. The highest BCUT2D eigenvalue weighted by molar-refractivity contribution is 5.83. The van der Waals surface area contributed by atoms with E-state index in [0.717, 1.165) is 17.6 Å². The second-order valence-electron chi connectivity index (χ2n) is 4.70. The number of nitrogens with one attached hydrogen (secondary N) is 1. The molecule has 0 fully saturated rings. The Labute approximate surface area is 129 Å². The summed E-state index contributed by atoms with van der Waals surface area (Å²) >= 11 is 0. The normalized spacial score (nSPS) is 11.2. The fourth-order valence-corrected chi connectivity index (χ4v) is 1.98. The molecule has 3 aromatic rings. The standard InChI is InChI=1S/C15H11F2N5O/c16-11-6-5-10(7-12(11)17)8-18-20-15(23)9-22-14-4-2-1-3-13(14)19-21-22/h1-8H,9H2,(H,20,23)/b18-8-. The van der Waals surface area contributed by atoms with Crippen molar-refractivity contribution >= 4 is 23.2 Å². The van der Waals surface area contributed by atoms with E-state index in [-0.39, 0.29) is 6.54 Å². The summed E-state index contributed by atoms with van der Waals surface area (Å²) in [4.78, 5) is 11.8. The lowest BCUT2D eigenvalue weighted by molar-refractivity contribution is -0.121. The molecule has 0 spiro atoms. The molecule has 0 aliphatic rings. The lowest BCUT2D eigenvalue weighted by atomic mass is 10.2. The van der Waals surface area contributed by atoms with Crippen LogP contribution in [0.2, 0.25) is 0 Å². The third-order valence-electron chi connectivity index (χ3n) is 3.06. The number of hydrazone groups is 1. The molecule has 0 aliphatic carbocycles. The van der Waals surface area contributed by atoms with Gasteiger partial charge in [-0.05, 0) is 29.8 Å². The smallest absolute Gasteiger partial charge is 0.261 e. The molecule has 0 aliphatic heterocycles. The van der Waals surface area contributed by atoms with Crippen molar-refractivity contribution in [3.63, 3.8) is 0 Å². The number of fused-ring (bicyclic) bond motifs is 1. The van der Waals surface area contributed by atoms with Crippen LogP contribution in [-0.2, 0) is 11.3 Å². The van der Waals surface area contributed by atoms with E-state index in [9.17, 15) is 13.6 Å². The number of benzene rings is 2. The van der Waals surface area contributed by atoms with Crippen LogP contribution in [0.1, 0.15) is 5.56 Å². The van der Waals surface area contributed by atoms with Crippen LogP contribution in [0.25, 0.3) is 11.0 Å². The van der Waals surface area contributed by atoms with Gasteiger partial charge < -0.3 is 0 Å². The van der Waals surface area contributed by atoms with Crippen molar-refractivity contribution in [1.82, 2.24) is 20.4 Å². The lowest BCUT2D eigenvalue weighted by Gasteiger charge is -2.01. The minimum atomic E-state index is -0.977. The van der Waals surface area contributed by atoms with Gasteiger partial charge in [-0.25, -0.2) is 18.9 Å². The minimum Gasteiger partial charge on any atom is -0.271 e. The second-order valence-corrected chi connectivity index (χ2v) is 4.70. The van der Waals surface area contributed by atoms with E-state index >= 15 is 0 Å². The molecule has 116 valence electrons. The number of carbonyl (C=O) groups is 1. The van der Waals surface area contributed by atoms with Crippen LogP contribution in [0, 0.1) is 11.6 Å². The van der Waals surface area contributed by atoms with Crippen LogP contribution in [0.4, 0.5) is 8.78 Å². The molecule has 0 unspecified atom stereocenters. The summed E-state index contributed by atoms with van der Waals surface area (Å²) in [6.45, 7) is -0.0599. The van der Waals surface area contributed by atoms with Gasteiger partial charge in [-0.1, -0.05) is 23.4 Å². The summed E-state index contributed by atoms with van der Waals surface area (Å²) in [7, 11) is 0. The lowest BCUT2D eigenvalue weighted by Crippen LogP contribution is -2.23. The Morgan fingerprint density at radius 2 is 2.04 bits per heavy atom. The number of halogens is 2. The Morgan fingerprint density at radius 1 is 1.22 bits per heavy atom. The summed E-state index contributed by atoms with van der Waals surface area (Å²) in [5, 5.41) is 11.5. The monoisotopic (exact) mass is 315 g/mol. The maximum absolute atomic E-state index is 13.0. The fourth-order valence-electron chi connectivity index (χ4n) is 1.98. The predicted octanol–water partition coefficient (Wildman–Crippen LogP) is 1.86. The van der Waals surface area contributed by atoms with Gasteiger partial charge in [0.1, 0.15) is 12.1 Å². The molecule has 6 nitrogen and oxygen atoms in total. The average Bonchev–Trinajstić information content (AvgIpc) is 2.94. The Kier molecular flexibility index (Phi) is 4.05. The predicted molar refractivity (Wildman–Crippen MR) is 79.6 cm³/mol. The SMILES string of the molecule is O=C(Cn1nnc2ccccc21)N/N=C\c1ccc(F)c(F)c1. The van der Waals surface area contributed by atoms with Gasteiger partial charge >= 0.3 is 0 Å². The fraction of sp³-hybridized carbons (Fsp3) is 0.0667. The van der Waals surface area contributed by atoms with Crippen molar-refractivity contribution in [3.05, 3.63) is 59.7 Å². The van der Waals surface area contributed by atoms with Crippen LogP contribution in [-0.4, -0.2) is 27.1 Å². The van der Waals surface area contributed by atoms with Crippen molar-refractivity contribution < 1.29 is 13.6 Å². The molecule has 0 bridgehead atoms. The first kappa shape index (κ1) is 14.8. The van der Waals surface area contributed by atoms with Crippen LogP contribution >= 0.6 is 0 Å². The molecule has 3 rings (SSSR count). The highest BCUT2D eigenvalue weighted by Crippen LogP contribution is 2.09. The van der Waals surface area contributed by atoms with E-state index in [1.165, 1.54) is 17.0 Å². The van der Waals surface area contributed by atoms with Crippen molar-refractivity contribution in [2.45, 2.75) is 6.54 Å². The largest absolute Gasteiger partial charge is 0.271 e. The van der Waals surface area contributed by atoms with Crippen LogP contribution in [0.15, 0.2) is 47.6 Å². The van der Waals surface area contributed by atoms with E-state index in [2.05, 4.69) is 20.8 Å². The van der Waals surface area contributed by atoms with Gasteiger partial charge in [0.15, 0.2) is 11.6 Å². The molecule has 1 N–H and O–H groups in total. The second kappa shape index (κ2) is 6.30. The minimum absolute atomic E-state index is 0.0599. The topological polar surface area (TPSA) is 72.2 Å². The third kappa shape index (κ3) is 3.37. The summed E-state index contributed by atoms with van der Waals surface area (Å²) in [6.07, 6.45) is 1.22. The number of carbonyl (C=O) groups excluding carboxylic acids is 1. The van der Waals surface area contributed by atoms with Crippen LogP contribution in [0.5, 0.6) is 0 Å². The first-order chi connectivity index (χ1) is 11.1. The highest BCUT2D eigenvalue weighted by atomic mass is 19.2. The summed E-state index contributed by atoms with van der Waals surface area (Å²) in [6, 6.07) is 10.6. The van der Waals surface area contributed by atoms with Crippen molar-refractivity contribution in [1.29, 1.82) is 0 Å². The number of nitrogens with zero attached hydrogens (tertiary/aromatic N) is 4. The molecule has 1 aromatic heterocycles. The van der Waals surface area contributed by atoms with Gasteiger partial charge in [0, 0.05) is 0 Å². The van der Waals surface area contributed by atoms with Crippen LogP contribution in [0.3, 0.4) is 0 Å². The van der Waals surface area contributed by atoms with E-state index in [1.807, 2.05) is 12.1 Å². The molecule has 0 radical (unpaired) electrons. The summed E-state index contributed by atoms with van der Waals surface area (Å²) < 4.78 is 27.2. The number of para-hydroxylation sites is 1. The number of aromatic nitrogens is 3. The third-order valence-corrected chi connectivity index (χ3v) is 3.06. The maximum atomic E-state index is 13.0. The zero-order chi connectivity index (χ0) is 16.2. The quantitative estimate of drug-likeness (QED) is 0.590. The van der Waals surface area contributed by atoms with Gasteiger partial charge in [0.2, 0.25) is 0 Å². The number of rotatable bonds is 4. The summed E-state index contributed by atoms with van der Waals surface area (Å²) in [5.74, 6) is -2.34. The van der Waals surface area contributed by atoms with E-state index in [0.29, 0.717) is 11.1 Å². The van der Waals surface area contributed by atoms with Gasteiger partial charge in [-0.3, -0.25) is 4.79 Å². The summed E-state index contributed by atoms with van der Waals surface area (Å²) in [5.41, 5.74) is 4.04. The molecular weight excluding hydrogens is 304 g/mol. The molecule has 2 aromatic carbocycles. The van der Waals surface area contributed by atoms with Crippen LogP contribution < -0.4 is 5.43 Å².